The summed E-state index contributed by atoms with van der Waals surface area (Å²) in [5, 5.41) is 0. The average molecular weight is 376 g/mol. The molecular weight excluding hydrogens is 344 g/mol. The molecule has 1 aliphatic heterocycles. The minimum absolute atomic E-state index is 0.0899. The second kappa shape index (κ2) is 7.87. The summed E-state index contributed by atoms with van der Waals surface area (Å²) in [7, 11) is 0. The zero-order chi connectivity index (χ0) is 20.4. The molecule has 27 heavy (non-hydrogen) atoms. The summed E-state index contributed by atoms with van der Waals surface area (Å²) in [5.41, 5.74) is 1.07. The first-order valence-electron chi connectivity index (χ1n) is 9.60. The van der Waals surface area contributed by atoms with Gasteiger partial charge in [0.1, 0.15) is 5.60 Å². The molecule has 0 aromatic carbocycles. The first-order chi connectivity index (χ1) is 12.4. The molecule has 0 saturated carbocycles. The fourth-order valence-corrected chi connectivity index (χ4v) is 3.45. The van der Waals surface area contributed by atoms with E-state index in [-0.39, 0.29) is 23.2 Å². The van der Waals surface area contributed by atoms with E-state index in [1.807, 2.05) is 27.7 Å². The molecule has 0 aromatic heterocycles. The van der Waals surface area contributed by atoms with Crippen molar-refractivity contribution in [2.45, 2.75) is 60.0 Å². The monoisotopic (exact) mass is 376 g/mol. The number of allylic oxidation sites excluding steroid dienone is 3. The van der Waals surface area contributed by atoms with Crippen molar-refractivity contribution in [3.8, 4) is 0 Å². The molecule has 0 aromatic rings. The van der Waals surface area contributed by atoms with Crippen molar-refractivity contribution in [2.75, 3.05) is 26.2 Å². The average Bonchev–Trinajstić information content (AvgIpc) is 2.57. The lowest BCUT2D eigenvalue weighted by molar-refractivity contribution is -0.127. The lowest BCUT2D eigenvalue weighted by atomic mass is 9.72. The number of hydrogen-bond donors (Lipinski definition) is 0. The number of carbonyl (C=O) groups excluding carboxylic acids is 3. The van der Waals surface area contributed by atoms with Crippen molar-refractivity contribution < 1.29 is 19.1 Å². The van der Waals surface area contributed by atoms with Crippen molar-refractivity contribution in [2.24, 2.45) is 5.41 Å². The van der Waals surface area contributed by atoms with Gasteiger partial charge in [-0.15, -0.1) is 0 Å². The van der Waals surface area contributed by atoms with Crippen molar-refractivity contribution >= 4 is 17.8 Å². The van der Waals surface area contributed by atoms with Gasteiger partial charge >= 0.3 is 6.09 Å². The van der Waals surface area contributed by atoms with Crippen LogP contribution in [0.15, 0.2) is 23.3 Å². The number of ether oxygens (including phenoxy) is 1. The lowest BCUT2D eigenvalue weighted by Gasteiger charge is -2.35. The normalized spacial score (nSPS) is 21.0. The molecule has 1 saturated heterocycles. The minimum atomic E-state index is -0.525. The van der Waals surface area contributed by atoms with Crippen molar-refractivity contribution in [1.29, 1.82) is 0 Å². The van der Waals surface area contributed by atoms with Crippen LogP contribution in [-0.2, 0) is 14.3 Å². The summed E-state index contributed by atoms with van der Waals surface area (Å²) in [4.78, 5) is 40.0. The van der Waals surface area contributed by atoms with Gasteiger partial charge in [-0.2, -0.15) is 0 Å². The van der Waals surface area contributed by atoms with Gasteiger partial charge in [-0.25, -0.2) is 4.79 Å². The van der Waals surface area contributed by atoms with Gasteiger partial charge in [-0.1, -0.05) is 19.9 Å². The summed E-state index contributed by atoms with van der Waals surface area (Å²) in [6, 6.07) is 0. The van der Waals surface area contributed by atoms with E-state index in [0.29, 0.717) is 32.6 Å². The molecule has 150 valence electrons. The summed E-state index contributed by atoms with van der Waals surface area (Å²) in [5.74, 6) is 0.0698. The van der Waals surface area contributed by atoms with Crippen LogP contribution in [-0.4, -0.2) is 59.4 Å². The smallest absolute Gasteiger partial charge is 0.410 e. The SMILES string of the molecule is CC1=C(/C=C/C(=O)N2CCN(C(=O)OC(C)(C)C)CC2)C(C)(C)CCC1=O. The predicted octanol–water partition coefficient (Wildman–Crippen LogP) is 3.33. The number of piperazine rings is 1. The molecular formula is C21H32N2O4. The fourth-order valence-electron chi connectivity index (χ4n) is 3.45. The molecule has 1 aliphatic carbocycles. The zero-order valence-electron chi connectivity index (χ0n) is 17.4. The number of ketones is 1. The number of nitrogens with zero attached hydrogens (tertiary/aromatic N) is 2. The van der Waals surface area contributed by atoms with Gasteiger partial charge in [0, 0.05) is 38.7 Å². The van der Waals surface area contributed by atoms with E-state index in [9.17, 15) is 14.4 Å². The third kappa shape index (κ3) is 5.44. The van der Waals surface area contributed by atoms with E-state index in [2.05, 4.69) is 13.8 Å². The van der Waals surface area contributed by atoms with Crippen molar-refractivity contribution in [3.63, 3.8) is 0 Å². The van der Waals surface area contributed by atoms with E-state index in [0.717, 1.165) is 17.6 Å². The van der Waals surface area contributed by atoms with E-state index < -0.39 is 5.60 Å². The molecule has 6 heteroatoms. The largest absolute Gasteiger partial charge is 0.444 e. The Bertz CT molecular complexity index is 675. The van der Waals surface area contributed by atoms with Gasteiger partial charge < -0.3 is 14.5 Å². The standard InChI is InChI=1S/C21H32N2O4/c1-15-16(21(5,6)10-9-17(15)24)7-8-18(25)22-11-13-23(14-12-22)19(26)27-20(2,3)4/h7-8H,9-14H2,1-6H3/b8-7+. The molecule has 2 amide bonds. The van der Waals surface area contributed by atoms with E-state index in [1.54, 1.807) is 22.0 Å². The first-order valence-corrected chi connectivity index (χ1v) is 9.60. The fraction of sp³-hybridized carbons (Fsp3) is 0.667. The molecule has 1 fully saturated rings. The molecule has 2 rings (SSSR count). The van der Waals surface area contributed by atoms with Gasteiger partial charge in [0.05, 0.1) is 0 Å². The van der Waals surface area contributed by atoms with Gasteiger partial charge in [0.25, 0.3) is 0 Å². The van der Waals surface area contributed by atoms with Crippen LogP contribution in [0.4, 0.5) is 4.79 Å². The summed E-state index contributed by atoms with van der Waals surface area (Å²) < 4.78 is 5.38. The maximum Gasteiger partial charge on any atom is 0.410 e. The summed E-state index contributed by atoms with van der Waals surface area (Å²) >= 11 is 0. The number of carbonyl (C=O) groups is 3. The highest BCUT2D eigenvalue weighted by Gasteiger charge is 2.31. The summed E-state index contributed by atoms with van der Waals surface area (Å²) in [6.45, 7) is 13.4. The second-order valence-electron chi connectivity index (χ2n) is 8.97. The Morgan fingerprint density at radius 3 is 2.19 bits per heavy atom. The molecule has 6 nitrogen and oxygen atoms in total. The Morgan fingerprint density at radius 1 is 1.07 bits per heavy atom. The Balaban J connectivity index is 1.96. The third-order valence-electron chi connectivity index (χ3n) is 5.16. The number of hydrogen-bond acceptors (Lipinski definition) is 4. The predicted molar refractivity (Wildman–Crippen MR) is 104 cm³/mol. The van der Waals surface area contributed by atoms with Crippen LogP contribution in [0.5, 0.6) is 0 Å². The van der Waals surface area contributed by atoms with Crippen LogP contribution in [0.2, 0.25) is 0 Å². The maximum atomic E-state index is 12.5. The van der Waals surface area contributed by atoms with E-state index >= 15 is 0 Å². The molecule has 0 atom stereocenters. The molecule has 2 aliphatic rings. The first kappa shape index (κ1) is 21.2. The highest BCUT2D eigenvalue weighted by Crippen LogP contribution is 2.39. The topological polar surface area (TPSA) is 66.9 Å². The Hall–Kier alpha value is -2.11. The highest BCUT2D eigenvalue weighted by molar-refractivity contribution is 5.98. The molecule has 0 spiro atoms. The Morgan fingerprint density at radius 2 is 1.63 bits per heavy atom. The molecule has 1 heterocycles. The van der Waals surface area contributed by atoms with Crippen LogP contribution in [0.3, 0.4) is 0 Å². The quantitative estimate of drug-likeness (QED) is 0.694. The van der Waals surface area contributed by atoms with Crippen LogP contribution < -0.4 is 0 Å². The zero-order valence-corrected chi connectivity index (χ0v) is 17.4. The van der Waals surface area contributed by atoms with Gasteiger partial charge in [-0.3, -0.25) is 9.59 Å². The maximum absolute atomic E-state index is 12.5. The highest BCUT2D eigenvalue weighted by atomic mass is 16.6. The number of rotatable bonds is 2. The van der Waals surface area contributed by atoms with E-state index in [1.165, 1.54) is 0 Å². The van der Waals surface area contributed by atoms with Crippen LogP contribution in [0.25, 0.3) is 0 Å². The Labute approximate surface area is 162 Å². The van der Waals surface area contributed by atoms with Crippen molar-refractivity contribution in [1.82, 2.24) is 9.80 Å². The third-order valence-corrected chi connectivity index (χ3v) is 5.16. The van der Waals surface area contributed by atoms with E-state index in [4.69, 9.17) is 4.74 Å². The molecule has 0 N–H and O–H groups in total. The molecule has 0 unspecified atom stereocenters. The second-order valence-corrected chi connectivity index (χ2v) is 8.97. The Kier molecular flexibility index (Phi) is 6.17. The lowest BCUT2D eigenvalue weighted by Crippen LogP contribution is -2.51. The molecule has 0 radical (unpaired) electrons. The minimum Gasteiger partial charge on any atom is -0.444 e. The van der Waals surface area contributed by atoms with Gasteiger partial charge in [-0.05, 0) is 50.7 Å². The van der Waals surface area contributed by atoms with Gasteiger partial charge in [0.15, 0.2) is 5.78 Å². The van der Waals surface area contributed by atoms with Crippen LogP contribution in [0, 0.1) is 5.41 Å². The number of amides is 2. The van der Waals surface area contributed by atoms with Crippen molar-refractivity contribution in [3.05, 3.63) is 23.3 Å². The van der Waals surface area contributed by atoms with Gasteiger partial charge in [0.2, 0.25) is 5.91 Å². The van der Waals surface area contributed by atoms with Crippen LogP contribution in [0.1, 0.15) is 54.4 Å². The molecule has 0 bridgehead atoms. The van der Waals surface area contributed by atoms with Crippen LogP contribution >= 0.6 is 0 Å². The number of Topliss-reactive ketones (excluding diaryl/α,β-unsaturated/α-hetero) is 1. The summed E-state index contributed by atoms with van der Waals surface area (Å²) in [6.07, 6.45) is 4.38.